The van der Waals surface area contributed by atoms with Crippen LogP contribution < -0.4 is 5.56 Å². The number of hydrogen-bond acceptors (Lipinski definition) is 5. The second kappa shape index (κ2) is 7.72. The Labute approximate surface area is 141 Å². The zero-order valence-electron chi connectivity index (χ0n) is 14.3. The van der Waals surface area contributed by atoms with Crippen molar-refractivity contribution in [2.45, 2.75) is 32.9 Å². The fourth-order valence-corrected chi connectivity index (χ4v) is 3.20. The SMILES string of the molecule is CC(C)n1nccc1CN1CCOC[C@H](Cc2cc(=O)[nH]cn2)C1. The molecule has 0 saturated carbocycles. The molecule has 0 bridgehead atoms. The molecule has 7 heteroatoms. The standard InChI is InChI=1S/C17H25N5O2/c1-13(2)22-16(3-4-20-22)10-21-5-6-24-11-14(9-21)7-15-8-17(23)19-12-18-15/h3-4,8,12-14H,5-7,9-11H2,1-2H3,(H,18,19,23)/t14-/m1/s1. The summed E-state index contributed by atoms with van der Waals surface area (Å²) in [5.41, 5.74) is 1.94. The van der Waals surface area contributed by atoms with Crippen LogP contribution in [0.3, 0.4) is 0 Å². The molecule has 3 rings (SSSR count). The number of ether oxygens (including phenoxy) is 1. The maximum Gasteiger partial charge on any atom is 0.250 e. The van der Waals surface area contributed by atoms with Crippen molar-refractivity contribution in [3.05, 3.63) is 46.4 Å². The van der Waals surface area contributed by atoms with E-state index in [0.29, 0.717) is 18.6 Å². The van der Waals surface area contributed by atoms with Crippen LogP contribution in [0.1, 0.15) is 31.3 Å². The molecule has 1 aliphatic rings. The fourth-order valence-electron chi connectivity index (χ4n) is 3.20. The Balaban J connectivity index is 1.66. The van der Waals surface area contributed by atoms with Gasteiger partial charge in [-0.05, 0) is 26.3 Å². The highest BCUT2D eigenvalue weighted by molar-refractivity contribution is 5.03. The smallest absolute Gasteiger partial charge is 0.250 e. The van der Waals surface area contributed by atoms with Crippen LogP contribution in [0.5, 0.6) is 0 Å². The molecule has 1 aliphatic heterocycles. The average Bonchev–Trinajstić information content (AvgIpc) is 2.88. The molecule has 1 saturated heterocycles. The Bertz CT molecular complexity index is 709. The molecular weight excluding hydrogens is 306 g/mol. The zero-order chi connectivity index (χ0) is 16.9. The summed E-state index contributed by atoms with van der Waals surface area (Å²) in [6.07, 6.45) is 4.08. The van der Waals surface area contributed by atoms with E-state index in [4.69, 9.17) is 4.74 Å². The van der Waals surface area contributed by atoms with Crippen LogP contribution in [0.25, 0.3) is 0 Å². The molecule has 0 unspecified atom stereocenters. The van der Waals surface area contributed by atoms with E-state index >= 15 is 0 Å². The molecule has 7 nitrogen and oxygen atoms in total. The number of aromatic amines is 1. The van der Waals surface area contributed by atoms with E-state index in [-0.39, 0.29) is 5.56 Å². The lowest BCUT2D eigenvalue weighted by Crippen LogP contribution is -2.31. The molecule has 24 heavy (non-hydrogen) atoms. The first kappa shape index (κ1) is 16.9. The van der Waals surface area contributed by atoms with Gasteiger partial charge in [-0.15, -0.1) is 0 Å². The third-order valence-electron chi connectivity index (χ3n) is 4.28. The molecule has 1 atom stereocenters. The first-order chi connectivity index (χ1) is 11.6. The van der Waals surface area contributed by atoms with Crippen LogP contribution in [0.2, 0.25) is 0 Å². The Morgan fingerprint density at radius 3 is 3.12 bits per heavy atom. The molecule has 0 radical (unpaired) electrons. The van der Waals surface area contributed by atoms with E-state index in [0.717, 1.165) is 38.4 Å². The average molecular weight is 331 g/mol. The van der Waals surface area contributed by atoms with Gasteiger partial charge in [0.2, 0.25) is 0 Å². The minimum atomic E-state index is -0.104. The van der Waals surface area contributed by atoms with Crippen molar-refractivity contribution in [3.8, 4) is 0 Å². The summed E-state index contributed by atoms with van der Waals surface area (Å²) in [5, 5.41) is 4.41. The van der Waals surface area contributed by atoms with Gasteiger partial charge in [0.25, 0.3) is 5.56 Å². The predicted octanol–water partition coefficient (Wildman–Crippen LogP) is 1.24. The van der Waals surface area contributed by atoms with E-state index in [2.05, 4.69) is 44.6 Å². The topological polar surface area (TPSA) is 76.0 Å². The van der Waals surface area contributed by atoms with Crippen LogP contribution >= 0.6 is 0 Å². The van der Waals surface area contributed by atoms with Crippen molar-refractivity contribution < 1.29 is 4.74 Å². The third kappa shape index (κ3) is 4.30. The van der Waals surface area contributed by atoms with Gasteiger partial charge < -0.3 is 9.72 Å². The summed E-state index contributed by atoms with van der Waals surface area (Å²) in [4.78, 5) is 20.7. The van der Waals surface area contributed by atoms with Crippen LogP contribution in [0.4, 0.5) is 0 Å². The predicted molar refractivity (Wildman–Crippen MR) is 90.8 cm³/mol. The van der Waals surface area contributed by atoms with Gasteiger partial charge in [-0.1, -0.05) is 0 Å². The van der Waals surface area contributed by atoms with Crippen LogP contribution in [0, 0.1) is 5.92 Å². The summed E-state index contributed by atoms with van der Waals surface area (Å²) in [7, 11) is 0. The number of hydrogen-bond donors (Lipinski definition) is 1. The van der Waals surface area contributed by atoms with Gasteiger partial charge in [0.1, 0.15) is 0 Å². The number of H-pyrrole nitrogens is 1. The number of rotatable bonds is 5. The molecule has 3 heterocycles. The van der Waals surface area contributed by atoms with Gasteiger partial charge >= 0.3 is 0 Å². The van der Waals surface area contributed by atoms with Crippen molar-refractivity contribution in [2.24, 2.45) is 5.92 Å². The Kier molecular flexibility index (Phi) is 5.42. The highest BCUT2D eigenvalue weighted by Crippen LogP contribution is 2.16. The van der Waals surface area contributed by atoms with Crippen LogP contribution in [0.15, 0.2) is 29.5 Å². The minimum absolute atomic E-state index is 0.104. The van der Waals surface area contributed by atoms with E-state index < -0.39 is 0 Å². The lowest BCUT2D eigenvalue weighted by atomic mass is 10.0. The summed E-state index contributed by atoms with van der Waals surface area (Å²) < 4.78 is 7.83. The molecule has 2 aromatic heterocycles. The van der Waals surface area contributed by atoms with Gasteiger partial charge in [0.05, 0.1) is 25.2 Å². The Morgan fingerprint density at radius 1 is 1.46 bits per heavy atom. The number of nitrogens with zero attached hydrogens (tertiary/aromatic N) is 4. The Morgan fingerprint density at radius 2 is 2.33 bits per heavy atom. The molecular formula is C17H25N5O2. The summed E-state index contributed by atoms with van der Waals surface area (Å²) >= 11 is 0. The maximum atomic E-state index is 11.4. The van der Waals surface area contributed by atoms with Crippen molar-refractivity contribution in [1.82, 2.24) is 24.6 Å². The highest BCUT2D eigenvalue weighted by atomic mass is 16.5. The summed E-state index contributed by atoms with van der Waals surface area (Å²) in [5.74, 6) is 0.331. The first-order valence-corrected chi connectivity index (χ1v) is 8.48. The molecule has 0 aromatic carbocycles. The quantitative estimate of drug-likeness (QED) is 0.892. The van der Waals surface area contributed by atoms with E-state index in [1.54, 1.807) is 6.07 Å². The van der Waals surface area contributed by atoms with E-state index in [9.17, 15) is 4.79 Å². The summed E-state index contributed by atoms with van der Waals surface area (Å²) in [6.45, 7) is 8.41. The maximum absolute atomic E-state index is 11.4. The zero-order valence-corrected chi connectivity index (χ0v) is 14.3. The minimum Gasteiger partial charge on any atom is -0.380 e. The monoisotopic (exact) mass is 331 g/mol. The second-order valence-corrected chi connectivity index (χ2v) is 6.64. The lowest BCUT2D eigenvalue weighted by molar-refractivity contribution is 0.121. The molecule has 1 fully saturated rings. The van der Waals surface area contributed by atoms with E-state index in [1.165, 1.54) is 12.0 Å². The molecule has 130 valence electrons. The lowest BCUT2D eigenvalue weighted by Gasteiger charge is -2.24. The van der Waals surface area contributed by atoms with Gasteiger partial charge in [-0.3, -0.25) is 14.4 Å². The molecule has 2 aromatic rings. The van der Waals surface area contributed by atoms with Crippen LogP contribution in [-0.4, -0.2) is 51.0 Å². The molecule has 0 amide bonds. The first-order valence-electron chi connectivity index (χ1n) is 8.48. The normalized spacial score (nSPS) is 19.5. The van der Waals surface area contributed by atoms with Crippen molar-refractivity contribution in [3.63, 3.8) is 0 Å². The van der Waals surface area contributed by atoms with Gasteiger partial charge in [-0.25, -0.2) is 4.98 Å². The third-order valence-corrected chi connectivity index (χ3v) is 4.28. The van der Waals surface area contributed by atoms with Gasteiger partial charge in [-0.2, -0.15) is 5.10 Å². The summed E-state index contributed by atoms with van der Waals surface area (Å²) in [6, 6.07) is 4.01. The fraction of sp³-hybridized carbons (Fsp3) is 0.588. The second-order valence-electron chi connectivity index (χ2n) is 6.64. The number of nitrogens with one attached hydrogen (secondary N) is 1. The van der Waals surface area contributed by atoms with Crippen molar-refractivity contribution >= 4 is 0 Å². The molecule has 0 aliphatic carbocycles. The van der Waals surface area contributed by atoms with E-state index in [1.807, 2.05) is 6.20 Å². The van der Waals surface area contributed by atoms with Gasteiger partial charge in [0, 0.05) is 49.6 Å². The Hall–Kier alpha value is -1.99. The van der Waals surface area contributed by atoms with Gasteiger partial charge in [0.15, 0.2) is 0 Å². The molecule has 0 spiro atoms. The molecule has 1 N–H and O–H groups in total. The van der Waals surface area contributed by atoms with Crippen molar-refractivity contribution in [2.75, 3.05) is 26.3 Å². The van der Waals surface area contributed by atoms with Crippen molar-refractivity contribution in [1.29, 1.82) is 0 Å². The van der Waals surface area contributed by atoms with Crippen LogP contribution in [-0.2, 0) is 17.7 Å². The number of aromatic nitrogens is 4. The highest BCUT2D eigenvalue weighted by Gasteiger charge is 2.21. The largest absolute Gasteiger partial charge is 0.380 e.